The number of nitrogen functional groups attached to an aromatic ring is 1. The van der Waals surface area contributed by atoms with E-state index in [9.17, 15) is 4.79 Å². The van der Waals surface area contributed by atoms with Crippen molar-refractivity contribution < 1.29 is 14.3 Å². The van der Waals surface area contributed by atoms with Crippen LogP contribution in [0.4, 0.5) is 5.69 Å². The molecule has 0 atom stereocenters. The number of nitrogens with one attached hydrogen (secondary N) is 1. The van der Waals surface area contributed by atoms with E-state index in [4.69, 9.17) is 26.8 Å². The molecule has 2 aromatic rings. The first kappa shape index (κ1) is 19.3. The number of hydrogen-bond donors (Lipinski definition) is 2. The van der Waals surface area contributed by atoms with Crippen molar-refractivity contribution >= 4 is 23.2 Å². The third-order valence-corrected chi connectivity index (χ3v) is 5.00. The summed E-state index contributed by atoms with van der Waals surface area (Å²) in [6, 6.07) is 8.98. The normalized spacial score (nSPS) is 13.7. The summed E-state index contributed by atoms with van der Waals surface area (Å²) < 4.78 is 10.8. The Morgan fingerprint density at radius 2 is 1.89 bits per heavy atom. The second-order valence-corrected chi connectivity index (χ2v) is 6.93. The average Bonchev–Trinajstić information content (AvgIpc) is 2.66. The van der Waals surface area contributed by atoms with Crippen molar-refractivity contribution in [3.63, 3.8) is 0 Å². The molecular weight excluding hydrogens is 366 g/mol. The van der Waals surface area contributed by atoms with Crippen molar-refractivity contribution in [3.8, 4) is 11.5 Å². The molecule has 0 saturated heterocycles. The lowest BCUT2D eigenvalue weighted by Gasteiger charge is -2.29. The van der Waals surface area contributed by atoms with E-state index in [1.807, 2.05) is 6.07 Å². The molecule has 1 amide bonds. The maximum Gasteiger partial charge on any atom is 0.253 e. The summed E-state index contributed by atoms with van der Waals surface area (Å²) in [6.45, 7) is 3.05. The zero-order chi connectivity index (χ0) is 19.4. The zero-order valence-electron chi connectivity index (χ0n) is 15.5. The van der Waals surface area contributed by atoms with E-state index in [1.54, 1.807) is 32.4 Å². The van der Waals surface area contributed by atoms with Crippen molar-refractivity contribution in [2.75, 3.05) is 39.6 Å². The van der Waals surface area contributed by atoms with Gasteiger partial charge in [-0.15, -0.1) is 0 Å². The van der Waals surface area contributed by atoms with E-state index in [1.165, 1.54) is 11.1 Å². The van der Waals surface area contributed by atoms with Crippen LogP contribution in [0.15, 0.2) is 30.3 Å². The molecule has 2 aromatic carbocycles. The van der Waals surface area contributed by atoms with Crippen molar-refractivity contribution in [1.29, 1.82) is 0 Å². The SMILES string of the molecule is COc1cc2c(cc1OC)CN(CCNC(=O)c1ccc(Cl)cc1N)CC2. The molecule has 1 aliphatic rings. The number of ether oxygens (including phenoxy) is 2. The zero-order valence-corrected chi connectivity index (χ0v) is 16.3. The molecule has 3 N–H and O–H groups in total. The molecule has 27 heavy (non-hydrogen) atoms. The highest BCUT2D eigenvalue weighted by Crippen LogP contribution is 2.33. The minimum absolute atomic E-state index is 0.187. The number of amides is 1. The third kappa shape index (κ3) is 4.46. The van der Waals surface area contributed by atoms with Crippen LogP contribution in [-0.4, -0.2) is 44.7 Å². The molecule has 3 rings (SSSR count). The maximum atomic E-state index is 12.3. The Kier molecular flexibility index (Phi) is 6.08. The van der Waals surface area contributed by atoms with Crippen molar-refractivity contribution in [2.45, 2.75) is 13.0 Å². The Labute approximate surface area is 164 Å². The van der Waals surface area contributed by atoms with Crippen LogP contribution in [0.5, 0.6) is 11.5 Å². The number of fused-ring (bicyclic) bond motifs is 1. The van der Waals surface area contributed by atoms with Crippen LogP contribution in [-0.2, 0) is 13.0 Å². The topological polar surface area (TPSA) is 76.8 Å². The first-order valence-electron chi connectivity index (χ1n) is 8.81. The number of hydrogen-bond acceptors (Lipinski definition) is 5. The van der Waals surface area contributed by atoms with Crippen LogP contribution in [0.2, 0.25) is 5.02 Å². The standard InChI is InChI=1S/C20H24ClN3O3/c1-26-18-9-13-5-7-24(12-14(13)10-19(18)27-2)8-6-23-20(25)16-4-3-15(21)11-17(16)22/h3-4,9-11H,5-8,12,22H2,1-2H3,(H,23,25). The number of carbonyl (C=O) groups is 1. The number of methoxy groups -OCH3 is 2. The lowest BCUT2D eigenvalue weighted by Crippen LogP contribution is -2.38. The Bertz CT molecular complexity index is 841. The lowest BCUT2D eigenvalue weighted by molar-refractivity contribution is 0.0948. The van der Waals surface area contributed by atoms with E-state index in [-0.39, 0.29) is 5.91 Å². The number of halogens is 1. The smallest absolute Gasteiger partial charge is 0.253 e. The molecule has 0 spiro atoms. The van der Waals surface area contributed by atoms with Crippen molar-refractivity contribution in [2.24, 2.45) is 0 Å². The highest BCUT2D eigenvalue weighted by molar-refractivity contribution is 6.31. The first-order valence-corrected chi connectivity index (χ1v) is 9.19. The largest absolute Gasteiger partial charge is 0.493 e. The molecule has 0 unspecified atom stereocenters. The molecule has 0 fully saturated rings. The van der Waals surface area contributed by atoms with Gasteiger partial charge in [0.2, 0.25) is 0 Å². The predicted molar refractivity (Wildman–Crippen MR) is 107 cm³/mol. The summed E-state index contributed by atoms with van der Waals surface area (Å²) in [5, 5.41) is 3.44. The van der Waals surface area contributed by atoms with Crippen LogP contribution in [0, 0.1) is 0 Å². The van der Waals surface area contributed by atoms with E-state index in [0.717, 1.165) is 37.6 Å². The number of rotatable bonds is 6. The van der Waals surface area contributed by atoms with Crippen LogP contribution in [0.3, 0.4) is 0 Å². The van der Waals surface area contributed by atoms with Gasteiger partial charge < -0.3 is 20.5 Å². The van der Waals surface area contributed by atoms with E-state index in [2.05, 4.69) is 16.3 Å². The van der Waals surface area contributed by atoms with Gasteiger partial charge in [-0.1, -0.05) is 11.6 Å². The fraction of sp³-hybridized carbons (Fsp3) is 0.350. The van der Waals surface area contributed by atoms with Crippen LogP contribution in [0.25, 0.3) is 0 Å². The quantitative estimate of drug-likeness (QED) is 0.743. The number of nitrogens with two attached hydrogens (primary N) is 1. The van der Waals surface area contributed by atoms with Gasteiger partial charge in [0.1, 0.15) is 0 Å². The van der Waals surface area contributed by atoms with Crippen LogP contribution in [0.1, 0.15) is 21.5 Å². The molecule has 1 heterocycles. The van der Waals surface area contributed by atoms with Gasteiger partial charge in [-0.3, -0.25) is 9.69 Å². The summed E-state index contributed by atoms with van der Waals surface area (Å²) in [7, 11) is 3.29. The van der Waals surface area contributed by atoms with E-state index >= 15 is 0 Å². The minimum atomic E-state index is -0.187. The summed E-state index contributed by atoms with van der Waals surface area (Å²) in [5.41, 5.74) is 9.20. The van der Waals surface area contributed by atoms with Gasteiger partial charge in [0.25, 0.3) is 5.91 Å². The molecule has 6 nitrogen and oxygen atoms in total. The molecule has 0 saturated carbocycles. The van der Waals surface area contributed by atoms with E-state index < -0.39 is 0 Å². The van der Waals surface area contributed by atoms with Gasteiger partial charge >= 0.3 is 0 Å². The van der Waals surface area contributed by atoms with Gasteiger partial charge in [-0.2, -0.15) is 0 Å². The molecule has 0 radical (unpaired) electrons. The Hall–Kier alpha value is -2.44. The Balaban J connectivity index is 1.56. The average molecular weight is 390 g/mol. The van der Waals surface area contributed by atoms with Gasteiger partial charge in [0.05, 0.1) is 19.8 Å². The molecular formula is C20H24ClN3O3. The highest BCUT2D eigenvalue weighted by atomic mass is 35.5. The highest BCUT2D eigenvalue weighted by Gasteiger charge is 2.19. The Morgan fingerprint density at radius 3 is 2.56 bits per heavy atom. The van der Waals surface area contributed by atoms with Gasteiger partial charge in [0, 0.05) is 36.9 Å². The molecule has 1 aliphatic heterocycles. The number of carbonyl (C=O) groups excluding carboxylic acids is 1. The third-order valence-electron chi connectivity index (χ3n) is 4.77. The Morgan fingerprint density at radius 1 is 1.19 bits per heavy atom. The fourth-order valence-corrected chi connectivity index (χ4v) is 3.48. The fourth-order valence-electron chi connectivity index (χ4n) is 3.30. The second kappa shape index (κ2) is 8.50. The van der Waals surface area contributed by atoms with Gasteiger partial charge in [-0.25, -0.2) is 0 Å². The second-order valence-electron chi connectivity index (χ2n) is 6.49. The molecule has 7 heteroatoms. The molecule has 0 aromatic heterocycles. The van der Waals surface area contributed by atoms with E-state index in [0.29, 0.717) is 22.8 Å². The van der Waals surface area contributed by atoms with Gasteiger partial charge in [0.15, 0.2) is 11.5 Å². The summed E-state index contributed by atoms with van der Waals surface area (Å²) in [5.74, 6) is 1.31. The molecule has 0 aliphatic carbocycles. The summed E-state index contributed by atoms with van der Waals surface area (Å²) in [4.78, 5) is 14.6. The van der Waals surface area contributed by atoms with Crippen LogP contribution < -0.4 is 20.5 Å². The summed E-state index contributed by atoms with van der Waals surface area (Å²) in [6.07, 6.45) is 0.938. The predicted octanol–water partition coefficient (Wildman–Crippen LogP) is 2.73. The van der Waals surface area contributed by atoms with Crippen molar-refractivity contribution in [1.82, 2.24) is 10.2 Å². The number of nitrogens with zero attached hydrogens (tertiary/aromatic N) is 1. The minimum Gasteiger partial charge on any atom is -0.493 e. The monoisotopic (exact) mass is 389 g/mol. The first-order chi connectivity index (χ1) is 13.0. The van der Waals surface area contributed by atoms with Gasteiger partial charge in [-0.05, 0) is 47.9 Å². The number of anilines is 1. The summed E-state index contributed by atoms with van der Waals surface area (Å²) >= 11 is 5.87. The maximum absolute atomic E-state index is 12.3. The molecule has 144 valence electrons. The van der Waals surface area contributed by atoms with Crippen molar-refractivity contribution in [3.05, 3.63) is 52.0 Å². The lowest BCUT2D eigenvalue weighted by atomic mass is 9.99. The molecule has 0 bridgehead atoms. The van der Waals surface area contributed by atoms with Crippen LogP contribution >= 0.6 is 11.6 Å². The number of benzene rings is 2.